The Labute approximate surface area is 89.1 Å². The summed E-state index contributed by atoms with van der Waals surface area (Å²) in [4.78, 5) is 8.59. The van der Waals surface area contributed by atoms with Crippen molar-refractivity contribution in [3.05, 3.63) is 55.3 Å². The molecule has 0 radical (unpaired) electrons. The minimum Gasteiger partial charge on any atom is -0.288 e. The molecule has 0 aliphatic carbocycles. The smallest absolute Gasteiger partial charge is 0.137 e. The minimum absolute atomic E-state index is 0.896. The number of pyridine rings is 1. The van der Waals surface area contributed by atoms with Crippen molar-refractivity contribution in [2.24, 2.45) is 0 Å². The van der Waals surface area contributed by atoms with Crippen LogP contribution in [-0.2, 0) is 6.42 Å². The van der Waals surface area contributed by atoms with Crippen molar-refractivity contribution < 1.29 is 0 Å². The van der Waals surface area contributed by atoms with Gasteiger partial charge in [0.2, 0.25) is 0 Å². The van der Waals surface area contributed by atoms with Gasteiger partial charge in [0.15, 0.2) is 0 Å². The highest BCUT2D eigenvalue weighted by atomic mass is 15.1. The van der Waals surface area contributed by atoms with E-state index >= 15 is 0 Å². The van der Waals surface area contributed by atoms with Gasteiger partial charge in [0.05, 0.1) is 0 Å². The van der Waals surface area contributed by atoms with Crippen molar-refractivity contribution in [2.45, 2.75) is 12.8 Å². The topological polar surface area (TPSA) is 30.7 Å². The molecule has 0 amide bonds. The Balaban J connectivity index is 2.29. The van der Waals surface area contributed by atoms with Crippen molar-refractivity contribution in [3.63, 3.8) is 0 Å². The van der Waals surface area contributed by atoms with Crippen LogP contribution in [0.3, 0.4) is 0 Å². The fourth-order valence-corrected chi connectivity index (χ4v) is 1.46. The molecule has 0 bridgehead atoms. The van der Waals surface area contributed by atoms with Gasteiger partial charge in [0.25, 0.3) is 0 Å². The van der Waals surface area contributed by atoms with Crippen LogP contribution >= 0.6 is 0 Å². The van der Waals surface area contributed by atoms with Gasteiger partial charge in [0.1, 0.15) is 11.6 Å². The van der Waals surface area contributed by atoms with E-state index in [0.717, 1.165) is 24.5 Å². The van der Waals surface area contributed by atoms with Crippen LogP contribution in [0, 0.1) is 0 Å². The Morgan fingerprint density at radius 2 is 2.20 bits per heavy atom. The zero-order chi connectivity index (χ0) is 10.5. The predicted octanol–water partition coefficient (Wildman–Crippen LogP) is 2.39. The summed E-state index contributed by atoms with van der Waals surface area (Å²) in [5.74, 6) is 1.93. The third kappa shape index (κ3) is 2.13. The molecule has 0 spiro atoms. The SMILES string of the molecule is C=CCCc1nccn1-c1ccccn1. The third-order valence-electron chi connectivity index (χ3n) is 2.19. The molecule has 0 N–H and O–H groups in total. The van der Waals surface area contributed by atoms with Gasteiger partial charge in [-0.3, -0.25) is 4.57 Å². The molecular formula is C12H13N3. The molecule has 15 heavy (non-hydrogen) atoms. The summed E-state index contributed by atoms with van der Waals surface area (Å²) >= 11 is 0. The molecular weight excluding hydrogens is 186 g/mol. The van der Waals surface area contributed by atoms with Gasteiger partial charge in [0, 0.05) is 25.0 Å². The lowest BCUT2D eigenvalue weighted by molar-refractivity contribution is 0.829. The Bertz CT molecular complexity index is 431. The Kier molecular flexibility index (Phi) is 2.93. The van der Waals surface area contributed by atoms with E-state index in [1.165, 1.54) is 0 Å². The van der Waals surface area contributed by atoms with Crippen LogP contribution in [0.4, 0.5) is 0 Å². The second kappa shape index (κ2) is 4.55. The van der Waals surface area contributed by atoms with Crippen LogP contribution in [0.1, 0.15) is 12.2 Å². The number of hydrogen-bond donors (Lipinski definition) is 0. The van der Waals surface area contributed by atoms with Crippen molar-refractivity contribution in [1.29, 1.82) is 0 Å². The maximum Gasteiger partial charge on any atom is 0.137 e. The van der Waals surface area contributed by atoms with E-state index in [4.69, 9.17) is 0 Å². The molecule has 0 unspecified atom stereocenters. The first-order valence-electron chi connectivity index (χ1n) is 4.96. The van der Waals surface area contributed by atoms with Crippen LogP contribution < -0.4 is 0 Å². The van der Waals surface area contributed by atoms with Crippen molar-refractivity contribution in [3.8, 4) is 5.82 Å². The molecule has 0 aromatic carbocycles. The first-order valence-corrected chi connectivity index (χ1v) is 4.96. The number of rotatable bonds is 4. The van der Waals surface area contributed by atoms with Crippen LogP contribution in [0.2, 0.25) is 0 Å². The maximum absolute atomic E-state index is 4.31. The molecule has 0 saturated heterocycles. The summed E-state index contributed by atoms with van der Waals surface area (Å²) in [6.07, 6.45) is 9.24. The summed E-state index contributed by atoms with van der Waals surface area (Å²) in [5.41, 5.74) is 0. The van der Waals surface area contributed by atoms with Gasteiger partial charge >= 0.3 is 0 Å². The lowest BCUT2D eigenvalue weighted by Crippen LogP contribution is -2.01. The minimum atomic E-state index is 0.896. The first-order chi connectivity index (χ1) is 7.42. The lowest BCUT2D eigenvalue weighted by Gasteiger charge is -2.04. The largest absolute Gasteiger partial charge is 0.288 e. The number of nitrogens with zero attached hydrogens (tertiary/aromatic N) is 3. The number of allylic oxidation sites excluding steroid dienone is 1. The fourth-order valence-electron chi connectivity index (χ4n) is 1.46. The van der Waals surface area contributed by atoms with E-state index < -0.39 is 0 Å². The zero-order valence-electron chi connectivity index (χ0n) is 8.50. The maximum atomic E-state index is 4.31. The van der Waals surface area contributed by atoms with Gasteiger partial charge in [-0.2, -0.15) is 0 Å². The van der Waals surface area contributed by atoms with E-state index in [9.17, 15) is 0 Å². The van der Waals surface area contributed by atoms with Crippen LogP contribution in [-0.4, -0.2) is 14.5 Å². The normalized spacial score (nSPS) is 10.1. The van der Waals surface area contributed by atoms with Crippen molar-refractivity contribution >= 4 is 0 Å². The highest BCUT2D eigenvalue weighted by Gasteiger charge is 2.03. The summed E-state index contributed by atoms with van der Waals surface area (Å²) in [7, 11) is 0. The standard InChI is InChI=1S/C12H13N3/c1-2-3-6-11-14-9-10-15(11)12-7-4-5-8-13-12/h2,4-5,7-10H,1,3,6H2. The van der Waals surface area contributed by atoms with Gasteiger partial charge in [-0.15, -0.1) is 6.58 Å². The Morgan fingerprint density at radius 1 is 1.27 bits per heavy atom. The van der Waals surface area contributed by atoms with E-state index in [1.54, 1.807) is 12.4 Å². The molecule has 3 nitrogen and oxygen atoms in total. The number of aryl methyl sites for hydroxylation is 1. The fraction of sp³-hybridized carbons (Fsp3) is 0.167. The molecule has 2 heterocycles. The monoisotopic (exact) mass is 199 g/mol. The number of imidazole rings is 1. The summed E-state index contributed by atoms with van der Waals surface area (Å²) in [6.45, 7) is 3.71. The van der Waals surface area contributed by atoms with Crippen molar-refractivity contribution in [2.75, 3.05) is 0 Å². The molecule has 2 aromatic heterocycles. The van der Waals surface area contributed by atoms with Crippen LogP contribution in [0.25, 0.3) is 5.82 Å². The zero-order valence-corrected chi connectivity index (χ0v) is 8.50. The highest BCUT2D eigenvalue weighted by molar-refractivity contribution is 5.23. The van der Waals surface area contributed by atoms with E-state index in [0.29, 0.717) is 0 Å². The lowest BCUT2D eigenvalue weighted by atomic mass is 10.3. The van der Waals surface area contributed by atoms with Gasteiger partial charge in [-0.25, -0.2) is 9.97 Å². The van der Waals surface area contributed by atoms with E-state index in [-0.39, 0.29) is 0 Å². The highest BCUT2D eigenvalue weighted by Crippen LogP contribution is 2.08. The number of hydrogen-bond acceptors (Lipinski definition) is 2. The summed E-state index contributed by atoms with van der Waals surface area (Å²) in [6, 6.07) is 5.85. The molecule has 2 aromatic rings. The summed E-state index contributed by atoms with van der Waals surface area (Å²) < 4.78 is 2.00. The average Bonchev–Trinajstić information content (AvgIpc) is 2.75. The van der Waals surface area contributed by atoms with Gasteiger partial charge in [-0.1, -0.05) is 12.1 Å². The molecule has 0 atom stereocenters. The summed E-state index contributed by atoms with van der Waals surface area (Å²) in [5, 5.41) is 0. The Hall–Kier alpha value is -1.90. The second-order valence-electron chi connectivity index (χ2n) is 3.23. The quantitative estimate of drug-likeness (QED) is 0.708. The van der Waals surface area contributed by atoms with Crippen LogP contribution in [0.15, 0.2) is 49.4 Å². The third-order valence-corrected chi connectivity index (χ3v) is 2.19. The molecule has 0 fully saturated rings. The molecule has 0 aliphatic rings. The first kappa shape index (κ1) is 9.65. The Morgan fingerprint density at radius 3 is 2.93 bits per heavy atom. The van der Waals surface area contributed by atoms with Crippen molar-refractivity contribution in [1.82, 2.24) is 14.5 Å². The van der Waals surface area contributed by atoms with Gasteiger partial charge in [-0.05, 0) is 18.6 Å². The number of aromatic nitrogens is 3. The molecule has 3 heteroatoms. The molecule has 0 saturated carbocycles. The predicted molar refractivity (Wildman–Crippen MR) is 59.9 cm³/mol. The van der Waals surface area contributed by atoms with E-state index in [2.05, 4.69) is 16.5 Å². The average molecular weight is 199 g/mol. The van der Waals surface area contributed by atoms with Crippen LogP contribution in [0.5, 0.6) is 0 Å². The van der Waals surface area contributed by atoms with E-state index in [1.807, 2.05) is 35.0 Å². The second-order valence-corrected chi connectivity index (χ2v) is 3.23. The van der Waals surface area contributed by atoms with Gasteiger partial charge < -0.3 is 0 Å². The molecule has 76 valence electrons. The molecule has 2 rings (SSSR count). The molecule has 0 aliphatic heterocycles.